The number of nitro groups is 1. The number of allylic oxidation sites excluding steroid dienone is 2. The molecule has 2 amide bonds. The molecular weight excluding hydrogens is 342 g/mol. The van der Waals surface area contributed by atoms with Gasteiger partial charge in [0.05, 0.1) is 23.0 Å². The number of nitrogens with zero attached hydrogens (tertiary/aromatic N) is 3. The van der Waals surface area contributed by atoms with Crippen molar-refractivity contribution in [1.29, 1.82) is 0 Å². The molecule has 2 fully saturated rings. The van der Waals surface area contributed by atoms with E-state index in [1.165, 1.54) is 0 Å². The fourth-order valence-electron chi connectivity index (χ4n) is 4.12. The van der Waals surface area contributed by atoms with E-state index < -0.39 is 33.9 Å². The van der Waals surface area contributed by atoms with E-state index in [1.54, 1.807) is 0 Å². The van der Waals surface area contributed by atoms with Crippen molar-refractivity contribution in [2.75, 3.05) is 0 Å². The van der Waals surface area contributed by atoms with E-state index in [4.69, 9.17) is 0 Å². The molecule has 1 saturated heterocycles. The maximum atomic E-state index is 12.6. The van der Waals surface area contributed by atoms with Gasteiger partial charge in [-0.05, 0) is 24.7 Å². The van der Waals surface area contributed by atoms with Crippen molar-refractivity contribution in [3.63, 3.8) is 0 Å². The third-order valence-corrected chi connectivity index (χ3v) is 5.37. The molecule has 1 aromatic rings. The molecule has 1 saturated carbocycles. The van der Waals surface area contributed by atoms with Gasteiger partial charge in [0.25, 0.3) is 11.8 Å². The summed E-state index contributed by atoms with van der Waals surface area (Å²) in [5.41, 5.74) is -0.690. The topological polar surface area (TPSA) is 133 Å². The van der Waals surface area contributed by atoms with Crippen LogP contribution in [-0.2, 0) is 9.59 Å². The fourth-order valence-corrected chi connectivity index (χ4v) is 4.12. The molecule has 1 aliphatic heterocycles. The molecule has 5 rings (SSSR count). The SMILES string of the molecule is O=C1[C@@H]2[C@@H](C(=O)N1/N=C\c1cc([N+](=O)[O-])c(O)cc1O)[C@H]1C=C[C@@H]2CC1. The summed E-state index contributed by atoms with van der Waals surface area (Å²) in [7, 11) is 0. The average molecular weight is 357 g/mol. The number of benzene rings is 1. The van der Waals surface area contributed by atoms with Crippen molar-refractivity contribution in [3.05, 3.63) is 40.0 Å². The Morgan fingerprint density at radius 1 is 1.08 bits per heavy atom. The van der Waals surface area contributed by atoms with Crippen LogP contribution in [0.4, 0.5) is 5.69 Å². The second kappa shape index (κ2) is 5.65. The number of rotatable bonds is 3. The lowest BCUT2D eigenvalue weighted by molar-refractivity contribution is -0.385. The first-order valence-electron chi connectivity index (χ1n) is 8.19. The van der Waals surface area contributed by atoms with E-state index in [-0.39, 0.29) is 29.2 Å². The number of hydrogen-bond acceptors (Lipinski definition) is 7. The zero-order valence-electron chi connectivity index (χ0n) is 13.5. The standard InChI is InChI=1S/C17H15N3O6/c21-12-6-13(22)11(20(25)26)5-10(12)7-18-19-16(23)14-8-1-2-9(4-3-8)15(14)17(19)24/h1-2,5-9,14-15,21-22H,3-4H2/b18-7-/t8-,9+,14-,15-/m0/s1. The zero-order valence-corrected chi connectivity index (χ0v) is 13.5. The van der Waals surface area contributed by atoms with Crippen molar-refractivity contribution < 1.29 is 24.7 Å². The van der Waals surface area contributed by atoms with Crippen LogP contribution in [0.5, 0.6) is 11.5 Å². The van der Waals surface area contributed by atoms with Gasteiger partial charge in [-0.1, -0.05) is 12.2 Å². The largest absolute Gasteiger partial charge is 0.507 e. The summed E-state index contributed by atoms with van der Waals surface area (Å²) in [5, 5.41) is 34.9. The third-order valence-electron chi connectivity index (χ3n) is 5.37. The lowest BCUT2D eigenvalue weighted by Gasteiger charge is -2.37. The van der Waals surface area contributed by atoms with Crippen LogP contribution < -0.4 is 0 Å². The van der Waals surface area contributed by atoms with E-state index >= 15 is 0 Å². The first-order chi connectivity index (χ1) is 12.4. The maximum absolute atomic E-state index is 12.6. The van der Waals surface area contributed by atoms with E-state index in [0.717, 1.165) is 36.2 Å². The molecule has 0 radical (unpaired) electrons. The lowest BCUT2D eigenvalue weighted by atomic mass is 9.63. The number of nitro benzene ring substituents is 1. The third kappa shape index (κ3) is 2.27. The first kappa shape index (κ1) is 16.2. The highest BCUT2D eigenvalue weighted by molar-refractivity contribution is 6.06. The summed E-state index contributed by atoms with van der Waals surface area (Å²) in [5.74, 6) is -2.67. The molecule has 1 aromatic carbocycles. The molecule has 0 spiro atoms. The number of carbonyl (C=O) groups excluding carboxylic acids is 2. The van der Waals surface area contributed by atoms with Gasteiger partial charge in [0, 0.05) is 17.7 Å². The predicted molar refractivity (Wildman–Crippen MR) is 88.2 cm³/mol. The number of imide groups is 1. The van der Waals surface area contributed by atoms with E-state index in [1.807, 2.05) is 12.2 Å². The number of carbonyl (C=O) groups is 2. The Morgan fingerprint density at radius 2 is 1.65 bits per heavy atom. The molecule has 0 unspecified atom stereocenters. The highest BCUT2D eigenvalue weighted by Crippen LogP contribution is 2.49. The Labute approximate surface area is 147 Å². The van der Waals surface area contributed by atoms with Crippen molar-refractivity contribution >= 4 is 23.7 Å². The zero-order chi connectivity index (χ0) is 18.6. The van der Waals surface area contributed by atoms with Gasteiger partial charge in [-0.2, -0.15) is 10.1 Å². The minimum Gasteiger partial charge on any atom is -0.507 e. The van der Waals surface area contributed by atoms with Crippen LogP contribution in [0.2, 0.25) is 0 Å². The van der Waals surface area contributed by atoms with Crippen LogP contribution in [0, 0.1) is 33.8 Å². The molecule has 0 aromatic heterocycles. The monoisotopic (exact) mass is 357 g/mol. The van der Waals surface area contributed by atoms with Gasteiger partial charge >= 0.3 is 5.69 Å². The molecule has 9 nitrogen and oxygen atoms in total. The predicted octanol–water partition coefficient (Wildman–Crippen LogP) is 1.54. The minimum atomic E-state index is -0.809. The molecular formula is C17H15N3O6. The first-order valence-corrected chi connectivity index (χ1v) is 8.19. The molecule has 9 heteroatoms. The van der Waals surface area contributed by atoms with Crippen LogP contribution in [0.1, 0.15) is 18.4 Å². The normalized spacial score (nSPS) is 29.6. The average Bonchev–Trinajstić information content (AvgIpc) is 2.88. The van der Waals surface area contributed by atoms with Gasteiger partial charge < -0.3 is 10.2 Å². The van der Waals surface area contributed by atoms with Gasteiger partial charge in [0.2, 0.25) is 0 Å². The number of hydrogen-bond donors (Lipinski definition) is 2. The van der Waals surface area contributed by atoms with Gasteiger partial charge in [-0.3, -0.25) is 19.7 Å². The summed E-state index contributed by atoms with van der Waals surface area (Å²) in [6, 6.07) is 1.74. The maximum Gasteiger partial charge on any atom is 0.311 e. The molecule has 2 N–H and O–H groups in total. The number of phenols is 2. The summed E-state index contributed by atoms with van der Waals surface area (Å²) < 4.78 is 0. The molecule has 1 heterocycles. The molecule has 4 aliphatic rings. The van der Waals surface area contributed by atoms with Gasteiger partial charge in [-0.15, -0.1) is 0 Å². The van der Waals surface area contributed by atoms with Crippen molar-refractivity contribution in [1.82, 2.24) is 5.01 Å². The summed E-state index contributed by atoms with van der Waals surface area (Å²) >= 11 is 0. The second-order valence-corrected chi connectivity index (χ2v) is 6.73. The summed E-state index contributed by atoms with van der Waals surface area (Å²) in [6.07, 6.45) is 6.73. The molecule has 4 atom stereocenters. The highest BCUT2D eigenvalue weighted by Gasteiger charge is 2.56. The van der Waals surface area contributed by atoms with E-state index in [9.17, 15) is 29.9 Å². The number of amides is 2. The Balaban J connectivity index is 1.64. The van der Waals surface area contributed by atoms with Gasteiger partial charge in [-0.25, -0.2) is 0 Å². The van der Waals surface area contributed by atoms with Crippen molar-refractivity contribution in [2.24, 2.45) is 28.8 Å². The second-order valence-electron chi connectivity index (χ2n) is 6.73. The van der Waals surface area contributed by atoms with Crippen LogP contribution >= 0.6 is 0 Å². The number of hydrazone groups is 1. The molecule has 3 aliphatic carbocycles. The van der Waals surface area contributed by atoms with E-state index in [0.29, 0.717) is 0 Å². The molecule has 2 bridgehead atoms. The molecule has 134 valence electrons. The van der Waals surface area contributed by atoms with Gasteiger partial charge in [0.1, 0.15) is 5.75 Å². The van der Waals surface area contributed by atoms with Crippen LogP contribution in [0.25, 0.3) is 0 Å². The molecule has 26 heavy (non-hydrogen) atoms. The fraction of sp³-hybridized carbons (Fsp3) is 0.353. The van der Waals surface area contributed by atoms with Crippen LogP contribution in [-0.4, -0.2) is 38.2 Å². The quantitative estimate of drug-likeness (QED) is 0.277. The Hall–Kier alpha value is -3.23. The van der Waals surface area contributed by atoms with Crippen LogP contribution in [0.15, 0.2) is 29.4 Å². The minimum absolute atomic E-state index is 0.0322. The lowest BCUT2D eigenvalue weighted by Crippen LogP contribution is -2.38. The smallest absolute Gasteiger partial charge is 0.311 e. The Morgan fingerprint density at radius 3 is 2.15 bits per heavy atom. The van der Waals surface area contributed by atoms with E-state index in [2.05, 4.69) is 5.10 Å². The van der Waals surface area contributed by atoms with Crippen LogP contribution in [0.3, 0.4) is 0 Å². The number of phenolic OH excluding ortho intramolecular Hbond substituents is 2. The summed E-state index contributed by atoms with van der Waals surface area (Å²) in [6.45, 7) is 0. The Bertz CT molecular complexity index is 861. The van der Waals surface area contributed by atoms with Crippen molar-refractivity contribution in [3.8, 4) is 11.5 Å². The van der Waals surface area contributed by atoms with Crippen molar-refractivity contribution in [2.45, 2.75) is 12.8 Å². The Kier molecular flexibility index (Phi) is 3.53. The highest BCUT2D eigenvalue weighted by atomic mass is 16.6. The number of aromatic hydroxyl groups is 2. The van der Waals surface area contributed by atoms with Gasteiger partial charge in [0.15, 0.2) is 5.75 Å². The summed E-state index contributed by atoms with van der Waals surface area (Å²) in [4.78, 5) is 35.3. The number of fused-ring (bicyclic) bond motifs is 1.